The van der Waals surface area contributed by atoms with Gasteiger partial charge in [-0.25, -0.2) is 9.78 Å². The van der Waals surface area contributed by atoms with Gasteiger partial charge < -0.3 is 35.1 Å². The summed E-state index contributed by atoms with van der Waals surface area (Å²) in [6.07, 6.45) is 4.12. The number of imidazole rings is 1. The van der Waals surface area contributed by atoms with E-state index in [9.17, 15) is 19.2 Å². The number of benzene rings is 4. The third-order valence-corrected chi connectivity index (χ3v) is 10.9. The van der Waals surface area contributed by atoms with Gasteiger partial charge in [0.1, 0.15) is 17.9 Å². The topological polar surface area (TPSA) is 153 Å². The van der Waals surface area contributed by atoms with Gasteiger partial charge in [0.25, 0.3) is 5.91 Å². The fourth-order valence-corrected chi connectivity index (χ4v) is 8.06. The summed E-state index contributed by atoms with van der Waals surface area (Å²) in [7, 11) is 0. The second-order valence-electron chi connectivity index (χ2n) is 15.3. The maximum atomic E-state index is 14.1. The second kappa shape index (κ2) is 16.8. The van der Waals surface area contributed by atoms with Gasteiger partial charge in [-0.2, -0.15) is 0 Å². The Morgan fingerprint density at radius 1 is 0.793 bits per heavy atom. The summed E-state index contributed by atoms with van der Waals surface area (Å²) in [6, 6.07) is 33.1. The van der Waals surface area contributed by atoms with Gasteiger partial charge in [0.2, 0.25) is 11.8 Å². The fraction of sp³-hybridized carbons (Fsp3) is 0.283. The quantitative estimate of drug-likeness (QED) is 0.105. The highest BCUT2D eigenvalue weighted by Crippen LogP contribution is 2.35. The number of nitrogens with zero attached hydrogens (tertiary/aromatic N) is 3. The molecular weight excluding hydrogens is 731 g/mol. The Morgan fingerprint density at radius 3 is 2.26 bits per heavy atom. The predicted octanol–water partition coefficient (Wildman–Crippen LogP) is 7.94. The first kappa shape index (κ1) is 38.2. The van der Waals surface area contributed by atoms with Crippen LogP contribution in [0.4, 0.5) is 10.5 Å². The molecule has 4 heterocycles. The zero-order chi connectivity index (χ0) is 40.2. The molecule has 0 radical (unpaired) electrons. The van der Waals surface area contributed by atoms with Crippen molar-refractivity contribution in [3.63, 3.8) is 0 Å². The Balaban J connectivity index is 0.930. The number of hydrogen-bond acceptors (Lipinski definition) is 6. The first-order chi connectivity index (χ1) is 28.2. The van der Waals surface area contributed by atoms with Crippen LogP contribution in [-0.2, 0) is 25.5 Å². The van der Waals surface area contributed by atoms with E-state index in [1.54, 1.807) is 29.8 Å². The van der Waals surface area contributed by atoms with Crippen molar-refractivity contribution in [3.8, 4) is 22.5 Å². The molecule has 12 nitrogen and oxygen atoms in total. The molecule has 0 bridgehead atoms. The molecule has 2 aliphatic rings. The molecule has 12 heteroatoms. The van der Waals surface area contributed by atoms with Crippen molar-refractivity contribution in [1.82, 2.24) is 30.1 Å². The normalized spacial score (nSPS) is 17.1. The number of anilines is 1. The van der Waals surface area contributed by atoms with E-state index in [1.807, 2.05) is 97.1 Å². The van der Waals surface area contributed by atoms with Crippen LogP contribution in [0.3, 0.4) is 0 Å². The zero-order valence-corrected chi connectivity index (χ0v) is 32.6. The van der Waals surface area contributed by atoms with Crippen LogP contribution >= 0.6 is 0 Å². The fourth-order valence-electron chi connectivity index (χ4n) is 8.06. The van der Waals surface area contributed by atoms with Crippen LogP contribution in [0.15, 0.2) is 115 Å². The van der Waals surface area contributed by atoms with Crippen molar-refractivity contribution in [2.45, 2.75) is 70.2 Å². The number of ether oxygens (including phenoxy) is 1. The van der Waals surface area contributed by atoms with Gasteiger partial charge in [-0.3, -0.25) is 14.4 Å². The molecule has 0 spiro atoms. The van der Waals surface area contributed by atoms with Gasteiger partial charge in [-0.15, -0.1) is 0 Å². The Morgan fingerprint density at radius 2 is 1.50 bits per heavy atom. The lowest BCUT2D eigenvalue weighted by Crippen LogP contribution is -2.43. The highest BCUT2D eigenvalue weighted by Gasteiger charge is 2.37. The summed E-state index contributed by atoms with van der Waals surface area (Å²) < 4.78 is 5.33. The number of aromatic nitrogens is 3. The molecule has 2 aliphatic heterocycles. The summed E-state index contributed by atoms with van der Waals surface area (Å²) in [4.78, 5) is 68.4. The lowest BCUT2D eigenvalue weighted by Gasteiger charge is -2.28. The van der Waals surface area contributed by atoms with Crippen molar-refractivity contribution in [2.24, 2.45) is 0 Å². The molecule has 58 heavy (non-hydrogen) atoms. The van der Waals surface area contributed by atoms with E-state index in [0.29, 0.717) is 36.6 Å². The molecule has 8 rings (SSSR count). The molecule has 2 saturated heterocycles. The lowest BCUT2D eigenvalue weighted by atomic mass is 10.0. The number of rotatable bonds is 11. The van der Waals surface area contributed by atoms with Crippen molar-refractivity contribution < 1.29 is 23.9 Å². The number of fused-ring (bicyclic) bond motifs is 1. The summed E-state index contributed by atoms with van der Waals surface area (Å²) >= 11 is 0. The van der Waals surface area contributed by atoms with Crippen LogP contribution in [0.2, 0.25) is 0 Å². The maximum absolute atomic E-state index is 14.1. The molecule has 3 atom stereocenters. The number of H-pyrrole nitrogens is 2. The minimum atomic E-state index is -0.896. The van der Waals surface area contributed by atoms with Crippen LogP contribution in [0.5, 0.6) is 0 Å². The zero-order valence-electron chi connectivity index (χ0n) is 32.6. The van der Waals surface area contributed by atoms with Crippen LogP contribution in [-0.4, -0.2) is 73.8 Å². The number of carbonyl (C=O) groups excluding carboxylic acids is 4. The molecule has 6 aromatic rings. The van der Waals surface area contributed by atoms with Crippen molar-refractivity contribution in [3.05, 3.63) is 132 Å². The van der Waals surface area contributed by atoms with Gasteiger partial charge in [-0.05, 0) is 86.6 Å². The molecule has 296 valence electrons. The largest absolute Gasteiger partial charge is 0.447 e. The van der Waals surface area contributed by atoms with Gasteiger partial charge in [0, 0.05) is 40.9 Å². The number of aromatic amines is 2. The standard InChI is InChI=1S/C46H47N7O5/c1-29(2)58-46(57)51-42(32-13-7-4-8-14-32)45(56)53-24-9-15-39(53)43-47-28-38(50-43)33-19-22-36-34(26-33)27-37(49-36)31-17-20-35(21-18-31)48-44(55)40-16-10-23-52(40)41(54)25-30-11-5-3-6-12-30/h3-8,11-14,17-22,26-29,39-40,42,49H,9-10,15-16,23-25H2,1-2H3,(H,47,50)(H,48,55)(H,51,57)/t39-,40-,42+/m0/s1. The van der Waals surface area contributed by atoms with E-state index < -0.39 is 18.2 Å². The summed E-state index contributed by atoms with van der Waals surface area (Å²) in [5, 5.41) is 6.84. The van der Waals surface area contributed by atoms with Gasteiger partial charge in [0.05, 0.1) is 30.5 Å². The van der Waals surface area contributed by atoms with Gasteiger partial charge in [0.15, 0.2) is 0 Å². The van der Waals surface area contributed by atoms with Gasteiger partial charge in [-0.1, -0.05) is 78.9 Å². The Bertz CT molecular complexity index is 2410. The molecule has 4 N–H and O–H groups in total. The van der Waals surface area contributed by atoms with Crippen LogP contribution in [0, 0.1) is 0 Å². The molecular formula is C46H47N7O5. The number of nitrogens with one attached hydrogen (secondary N) is 4. The summed E-state index contributed by atoms with van der Waals surface area (Å²) in [5.41, 5.74) is 6.95. The highest BCUT2D eigenvalue weighted by molar-refractivity contribution is 5.98. The minimum absolute atomic E-state index is 0.0322. The maximum Gasteiger partial charge on any atom is 0.408 e. The molecule has 2 aromatic heterocycles. The Labute approximate surface area is 337 Å². The average molecular weight is 778 g/mol. The van der Waals surface area contributed by atoms with E-state index in [1.165, 1.54) is 0 Å². The van der Waals surface area contributed by atoms with Crippen molar-refractivity contribution >= 4 is 40.4 Å². The molecule has 0 aliphatic carbocycles. The lowest BCUT2D eigenvalue weighted by molar-refractivity contribution is -0.136. The first-order valence-electron chi connectivity index (χ1n) is 20.0. The van der Waals surface area contributed by atoms with E-state index in [4.69, 9.17) is 9.72 Å². The average Bonchev–Trinajstić information content (AvgIpc) is 4.07. The summed E-state index contributed by atoms with van der Waals surface area (Å²) in [5.74, 6) is 0.278. The van der Waals surface area contributed by atoms with Crippen LogP contribution in [0.25, 0.3) is 33.4 Å². The van der Waals surface area contributed by atoms with E-state index in [2.05, 4.69) is 32.7 Å². The number of carbonyl (C=O) groups is 4. The molecule has 0 saturated carbocycles. The first-order valence-corrected chi connectivity index (χ1v) is 20.0. The summed E-state index contributed by atoms with van der Waals surface area (Å²) in [6.45, 7) is 4.66. The Hall–Kier alpha value is -6.69. The SMILES string of the molecule is CC(C)OC(=O)N[C@@H](C(=O)N1CCC[C@H]1c1ncc(-c2ccc3[nH]c(-c4ccc(NC(=O)[C@@H]5CCCN5C(=O)Cc5ccccc5)cc4)cc3c2)[nH]1)c1ccccc1. The smallest absolute Gasteiger partial charge is 0.408 e. The second-order valence-corrected chi connectivity index (χ2v) is 15.3. The van der Waals surface area contributed by atoms with Crippen molar-refractivity contribution in [2.75, 3.05) is 18.4 Å². The third kappa shape index (κ3) is 8.36. The molecule has 2 fully saturated rings. The minimum Gasteiger partial charge on any atom is -0.447 e. The van der Waals surface area contributed by atoms with Crippen LogP contribution < -0.4 is 10.6 Å². The van der Waals surface area contributed by atoms with E-state index in [-0.39, 0.29) is 36.3 Å². The number of likely N-dealkylation sites (tertiary alicyclic amines) is 2. The number of hydrogen-bond donors (Lipinski definition) is 4. The van der Waals surface area contributed by atoms with Crippen LogP contribution in [0.1, 0.15) is 68.6 Å². The van der Waals surface area contributed by atoms with E-state index in [0.717, 1.165) is 58.2 Å². The van der Waals surface area contributed by atoms with Crippen molar-refractivity contribution in [1.29, 1.82) is 0 Å². The molecule has 0 unspecified atom stereocenters. The molecule has 4 aromatic carbocycles. The number of amides is 4. The predicted molar refractivity (Wildman–Crippen MR) is 222 cm³/mol. The monoisotopic (exact) mass is 777 g/mol. The van der Waals surface area contributed by atoms with Gasteiger partial charge >= 0.3 is 6.09 Å². The third-order valence-electron chi connectivity index (χ3n) is 10.9. The van der Waals surface area contributed by atoms with E-state index >= 15 is 0 Å². The highest BCUT2D eigenvalue weighted by atomic mass is 16.6. The molecule has 4 amide bonds. The number of alkyl carbamates (subject to hydrolysis) is 1. The Kier molecular flexibility index (Phi) is 11.1.